The van der Waals surface area contributed by atoms with Crippen molar-refractivity contribution in [3.63, 3.8) is 0 Å². The third-order valence-corrected chi connectivity index (χ3v) is 6.12. The van der Waals surface area contributed by atoms with E-state index >= 15 is 0 Å². The van der Waals surface area contributed by atoms with Crippen LogP contribution in [0.2, 0.25) is 5.02 Å². The van der Waals surface area contributed by atoms with Crippen LogP contribution in [0.25, 0.3) is 0 Å². The summed E-state index contributed by atoms with van der Waals surface area (Å²) in [6, 6.07) is 11.9. The molecule has 0 aromatic heterocycles. The standard InChI is InChI=1S/C22H20ClN3O5/c23-16-9-5-14(6-10-16)13-24(20(27)15-7-11-17(12-8-15)26(30)31)25-21(28)18-3-1-2-4-19(18)22(25)29/h5-12,18-19H,1-4,13H2/t18-,19-/m1/s1. The number of hydrogen-bond acceptors (Lipinski definition) is 5. The molecule has 2 atom stereocenters. The number of benzene rings is 2. The van der Waals surface area contributed by atoms with Crippen LogP contribution in [0.4, 0.5) is 5.69 Å². The minimum Gasteiger partial charge on any atom is -0.272 e. The Morgan fingerprint density at radius 2 is 1.55 bits per heavy atom. The maximum Gasteiger partial charge on any atom is 0.273 e. The lowest BCUT2D eigenvalue weighted by Crippen LogP contribution is -2.49. The van der Waals surface area contributed by atoms with E-state index in [1.807, 2.05) is 0 Å². The van der Waals surface area contributed by atoms with Gasteiger partial charge in [0.2, 0.25) is 0 Å². The zero-order chi connectivity index (χ0) is 22.1. The lowest BCUT2D eigenvalue weighted by atomic mass is 9.81. The van der Waals surface area contributed by atoms with E-state index in [4.69, 9.17) is 11.6 Å². The molecule has 4 rings (SSSR count). The van der Waals surface area contributed by atoms with Crippen molar-refractivity contribution in [2.75, 3.05) is 0 Å². The Balaban J connectivity index is 1.69. The first-order valence-corrected chi connectivity index (χ1v) is 10.4. The van der Waals surface area contributed by atoms with Gasteiger partial charge in [-0.2, -0.15) is 5.01 Å². The van der Waals surface area contributed by atoms with E-state index in [1.54, 1.807) is 24.3 Å². The highest BCUT2D eigenvalue weighted by Gasteiger charge is 2.51. The number of fused-ring (bicyclic) bond motifs is 1. The summed E-state index contributed by atoms with van der Waals surface area (Å²) in [5.41, 5.74) is 0.685. The second-order valence-electron chi connectivity index (χ2n) is 7.78. The van der Waals surface area contributed by atoms with E-state index in [2.05, 4.69) is 0 Å². The lowest BCUT2D eigenvalue weighted by molar-refractivity contribution is -0.384. The highest BCUT2D eigenvalue weighted by atomic mass is 35.5. The molecule has 1 aliphatic carbocycles. The van der Waals surface area contributed by atoms with Crippen LogP contribution >= 0.6 is 11.6 Å². The molecule has 3 amide bonds. The highest BCUT2D eigenvalue weighted by Crippen LogP contribution is 2.39. The Morgan fingerprint density at radius 3 is 2.06 bits per heavy atom. The Bertz CT molecular complexity index is 1010. The molecule has 0 spiro atoms. The van der Waals surface area contributed by atoms with Crippen molar-refractivity contribution >= 4 is 35.0 Å². The number of nitrogens with zero attached hydrogens (tertiary/aromatic N) is 3. The number of carbonyl (C=O) groups is 3. The number of imide groups is 1. The molecule has 2 aliphatic rings. The molecule has 8 nitrogen and oxygen atoms in total. The molecule has 1 saturated carbocycles. The van der Waals surface area contributed by atoms with Crippen LogP contribution in [0.5, 0.6) is 0 Å². The van der Waals surface area contributed by atoms with Crippen molar-refractivity contribution in [3.05, 3.63) is 74.8 Å². The van der Waals surface area contributed by atoms with Crippen LogP contribution in [0, 0.1) is 22.0 Å². The molecule has 1 heterocycles. The maximum atomic E-state index is 13.4. The number of nitro benzene ring substituents is 1. The van der Waals surface area contributed by atoms with Gasteiger partial charge in [-0.1, -0.05) is 36.6 Å². The van der Waals surface area contributed by atoms with E-state index in [9.17, 15) is 24.5 Å². The fourth-order valence-electron chi connectivity index (χ4n) is 4.25. The summed E-state index contributed by atoms with van der Waals surface area (Å²) >= 11 is 5.95. The van der Waals surface area contributed by atoms with Gasteiger partial charge in [-0.25, -0.2) is 5.01 Å². The average molecular weight is 442 g/mol. The monoisotopic (exact) mass is 441 g/mol. The summed E-state index contributed by atoms with van der Waals surface area (Å²) in [4.78, 5) is 50.0. The van der Waals surface area contributed by atoms with Gasteiger partial charge in [-0.05, 0) is 42.7 Å². The van der Waals surface area contributed by atoms with Crippen molar-refractivity contribution in [3.8, 4) is 0 Å². The van der Waals surface area contributed by atoms with E-state index in [1.165, 1.54) is 24.3 Å². The Morgan fingerprint density at radius 1 is 1.00 bits per heavy atom. The number of nitro groups is 1. The summed E-state index contributed by atoms with van der Waals surface area (Å²) in [5, 5.41) is 13.6. The van der Waals surface area contributed by atoms with Crippen molar-refractivity contribution in [1.82, 2.24) is 10.0 Å². The van der Waals surface area contributed by atoms with E-state index in [0.29, 0.717) is 23.4 Å². The van der Waals surface area contributed by atoms with Gasteiger partial charge in [0.15, 0.2) is 0 Å². The molecule has 0 bridgehead atoms. The van der Waals surface area contributed by atoms with E-state index in [-0.39, 0.29) is 29.6 Å². The second-order valence-corrected chi connectivity index (χ2v) is 8.22. The lowest BCUT2D eigenvalue weighted by Gasteiger charge is -2.30. The molecule has 160 valence electrons. The molecule has 2 aromatic rings. The van der Waals surface area contributed by atoms with Crippen LogP contribution in [-0.2, 0) is 16.1 Å². The van der Waals surface area contributed by atoms with E-state index in [0.717, 1.165) is 22.9 Å². The van der Waals surface area contributed by atoms with Gasteiger partial charge in [-0.15, -0.1) is 0 Å². The first kappa shape index (κ1) is 21.0. The largest absolute Gasteiger partial charge is 0.273 e. The average Bonchev–Trinajstić information content (AvgIpc) is 3.03. The topological polar surface area (TPSA) is 101 Å². The number of hydrazine groups is 1. The third kappa shape index (κ3) is 4.03. The normalized spacial score (nSPS) is 20.5. The summed E-state index contributed by atoms with van der Waals surface area (Å²) in [7, 11) is 0. The van der Waals surface area contributed by atoms with Crippen molar-refractivity contribution < 1.29 is 19.3 Å². The molecule has 9 heteroatoms. The Kier molecular flexibility index (Phi) is 5.73. The number of non-ortho nitro benzene ring substituents is 1. The fraction of sp³-hybridized carbons (Fsp3) is 0.318. The third-order valence-electron chi connectivity index (χ3n) is 5.86. The predicted molar refractivity (Wildman–Crippen MR) is 112 cm³/mol. The van der Waals surface area contributed by atoms with Crippen molar-refractivity contribution in [2.45, 2.75) is 32.2 Å². The molecule has 0 unspecified atom stereocenters. The van der Waals surface area contributed by atoms with Crippen LogP contribution in [-0.4, -0.2) is 32.7 Å². The van der Waals surface area contributed by atoms with Gasteiger partial charge < -0.3 is 0 Å². The molecule has 2 fully saturated rings. The second kappa shape index (κ2) is 8.47. The summed E-state index contributed by atoms with van der Waals surface area (Å²) in [6.07, 6.45) is 3.02. The van der Waals surface area contributed by atoms with Gasteiger partial charge >= 0.3 is 0 Å². The predicted octanol–water partition coefficient (Wildman–Crippen LogP) is 3.98. The van der Waals surface area contributed by atoms with E-state index < -0.39 is 22.7 Å². The first-order valence-electron chi connectivity index (χ1n) is 10.1. The van der Waals surface area contributed by atoms with Gasteiger partial charge in [0.25, 0.3) is 23.4 Å². The van der Waals surface area contributed by atoms with Crippen molar-refractivity contribution in [2.24, 2.45) is 11.8 Å². The van der Waals surface area contributed by atoms with Gasteiger partial charge in [0.1, 0.15) is 0 Å². The summed E-state index contributed by atoms with van der Waals surface area (Å²) in [6.45, 7) is -0.0100. The SMILES string of the molecule is O=C(c1ccc([N+](=O)[O-])cc1)N(Cc1ccc(Cl)cc1)N1C(=O)[C@@H]2CCCC[C@H]2C1=O. The zero-order valence-corrected chi connectivity index (χ0v) is 17.3. The summed E-state index contributed by atoms with van der Waals surface area (Å²) in [5.74, 6) is -2.11. The fourth-order valence-corrected chi connectivity index (χ4v) is 4.38. The summed E-state index contributed by atoms with van der Waals surface area (Å²) < 4.78 is 0. The van der Waals surface area contributed by atoms with Crippen LogP contribution < -0.4 is 0 Å². The smallest absolute Gasteiger partial charge is 0.272 e. The maximum absolute atomic E-state index is 13.4. The molecule has 2 aromatic carbocycles. The quantitative estimate of drug-likeness (QED) is 0.397. The van der Waals surface area contributed by atoms with Gasteiger partial charge in [-0.3, -0.25) is 24.5 Å². The zero-order valence-electron chi connectivity index (χ0n) is 16.6. The Labute approximate surface area is 183 Å². The molecule has 31 heavy (non-hydrogen) atoms. The number of amides is 3. The highest BCUT2D eigenvalue weighted by molar-refractivity contribution is 6.30. The first-order chi connectivity index (χ1) is 14.9. The molecule has 1 saturated heterocycles. The minimum atomic E-state index is -0.579. The molecule has 0 radical (unpaired) electrons. The van der Waals surface area contributed by atoms with Crippen LogP contribution in [0.1, 0.15) is 41.6 Å². The molecule has 0 N–H and O–H groups in total. The van der Waals surface area contributed by atoms with Crippen molar-refractivity contribution in [1.29, 1.82) is 0 Å². The number of carbonyl (C=O) groups excluding carboxylic acids is 3. The molecular weight excluding hydrogens is 422 g/mol. The van der Waals surface area contributed by atoms with Crippen LogP contribution in [0.3, 0.4) is 0 Å². The Hall–Kier alpha value is -3.26. The number of rotatable bonds is 5. The molecule has 1 aliphatic heterocycles. The van der Waals surface area contributed by atoms with Gasteiger partial charge in [0, 0.05) is 22.7 Å². The minimum absolute atomic E-state index is 0.0100. The number of halogens is 1. The van der Waals surface area contributed by atoms with Gasteiger partial charge in [0.05, 0.1) is 23.3 Å². The number of hydrogen-bond donors (Lipinski definition) is 0. The molecular formula is C22H20ClN3O5. The van der Waals surface area contributed by atoms with Crippen LogP contribution in [0.15, 0.2) is 48.5 Å².